The number of hydrogen-bond donors (Lipinski definition) is 0. The summed E-state index contributed by atoms with van der Waals surface area (Å²) in [6.45, 7) is 7.41. The number of carbonyl (C=O) groups is 1. The normalized spacial score (nSPS) is 24.8. The number of carbonyl (C=O) groups excluding carboxylic acids is 1. The molecule has 0 radical (unpaired) electrons. The van der Waals surface area contributed by atoms with Crippen LogP contribution < -0.4 is 4.90 Å². The molecule has 25 heavy (non-hydrogen) atoms. The average Bonchev–Trinajstić information content (AvgIpc) is 2.97. The van der Waals surface area contributed by atoms with E-state index in [1.165, 1.54) is 37.8 Å². The fourth-order valence-corrected chi connectivity index (χ4v) is 5.42. The van der Waals surface area contributed by atoms with Crippen molar-refractivity contribution in [1.82, 2.24) is 4.90 Å². The van der Waals surface area contributed by atoms with Crippen molar-refractivity contribution in [2.45, 2.75) is 57.7 Å². The predicted octanol–water partition coefficient (Wildman–Crippen LogP) is 3.31. The SMILES string of the molecule is CCN(c1scc(C(=O)OC)c1C)[C@H]1CC[C@H](N2CC(OC)C2)CC1. The molecule has 1 aliphatic carbocycles. The number of esters is 1. The number of methoxy groups -OCH3 is 2. The van der Waals surface area contributed by atoms with E-state index in [1.807, 2.05) is 19.4 Å². The lowest BCUT2D eigenvalue weighted by Gasteiger charge is -2.47. The Morgan fingerprint density at radius 2 is 1.96 bits per heavy atom. The van der Waals surface area contributed by atoms with Crippen molar-refractivity contribution in [3.63, 3.8) is 0 Å². The second kappa shape index (κ2) is 8.06. The van der Waals surface area contributed by atoms with Crippen LogP contribution in [0, 0.1) is 6.92 Å². The third kappa shape index (κ3) is 3.71. The molecule has 140 valence electrons. The summed E-state index contributed by atoms with van der Waals surface area (Å²) in [6.07, 6.45) is 5.39. The van der Waals surface area contributed by atoms with Crippen LogP contribution in [0.4, 0.5) is 5.00 Å². The van der Waals surface area contributed by atoms with Gasteiger partial charge >= 0.3 is 5.97 Å². The van der Waals surface area contributed by atoms with Gasteiger partial charge in [0.2, 0.25) is 0 Å². The zero-order valence-electron chi connectivity index (χ0n) is 15.8. The van der Waals surface area contributed by atoms with Gasteiger partial charge in [-0.25, -0.2) is 4.79 Å². The summed E-state index contributed by atoms with van der Waals surface area (Å²) in [4.78, 5) is 17.0. The van der Waals surface area contributed by atoms with Crippen molar-refractivity contribution in [2.24, 2.45) is 0 Å². The van der Waals surface area contributed by atoms with Gasteiger partial charge in [0.05, 0.1) is 23.8 Å². The summed E-state index contributed by atoms with van der Waals surface area (Å²) < 4.78 is 10.3. The van der Waals surface area contributed by atoms with Crippen molar-refractivity contribution in [2.75, 3.05) is 38.8 Å². The first-order chi connectivity index (χ1) is 12.1. The minimum Gasteiger partial charge on any atom is -0.465 e. The van der Waals surface area contributed by atoms with E-state index < -0.39 is 0 Å². The van der Waals surface area contributed by atoms with E-state index in [1.54, 1.807) is 11.3 Å². The Balaban J connectivity index is 1.61. The van der Waals surface area contributed by atoms with Gasteiger partial charge in [-0.1, -0.05) is 0 Å². The Kier molecular flexibility index (Phi) is 6.02. The molecule has 1 aromatic rings. The molecule has 0 unspecified atom stereocenters. The van der Waals surface area contributed by atoms with Crippen LogP contribution in [0.2, 0.25) is 0 Å². The molecule has 1 aliphatic heterocycles. The highest BCUT2D eigenvalue weighted by atomic mass is 32.1. The quantitative estimate of drug-likeness (QED) is 0.723. The summed E-state index contributed by atoms with van der Waals surface area (Å²) in [7, 11) is 3.26. The van der Waals surface area contributed by atoms with E-state index in [4.69, 9.17) is 9.47 Å². The standard InChI is InChI=1S/C19H30N2O3S/c1-5-21(18-13(2)17(12-25-18)19(22)24-4)15-8-6-14(7-9-15)20-10-16(11-20)23-3/h12,14-16H,5-11H2,1-4H3/t14-,15-. The summed E-state index contributed by atoms with van der Waals surface area (Å²) in [5.41, 5.74) is 1.77. The molecule has 0 spiro atoms. The van der Waals surface area contributed by atoms with Gasteiger partial charge in [-0.2, -0.15) is 0 Å². The lowest BCUT2D eigenvalue weighted by atomic mass is 9.87. The number of ether oxygens (including phenoxy) is 2. The van der Waals surface area contributed by atoms with Crippen LogP contribution >= 0.6 is 11.3 Å². The van der Waals surface area contributed by atoms with E-state index in [0.29, 0.717) is 17.7 Å². The number of hydrogen-bond acceptors (Lipinski definition) is 6. The monoisotopic (exact) mass is 366 g/mol. The lowest BCUT2D eigenvalue weighted by molar-refractivity contribution is -0.0578. The van der Waals surface area contributed by atoms with Gasteiger partial charge in [0.15, 0.2) is 0 Å². The average molecular weight is 367 g/mol. The summed E-state index contributed by atoms with van der Waals surface area (Å²) in [5, 5.41) is 3.17. The largest absolute Gasteiger partial charge is 0.465 e. The maximum absolute atomic E-state index is 11.9. The fourth-order valence-electron chi connectivity index (χ4n) is 4.22. The molecule has 1 saturated carbocycles. The number of rotatable bonds is 6. The number of nitrogens with zero attached hydrogens (tertiary/aromatic N) is 2. The minimum absolute atomic E-state index is 0.231. The number of likely N-dealkylation sites (tertiary alicyclic amines) is 1. The lowest BCUT2D eigenvalue weighted by Crippen LogP contribution is -2.57. The Morgan fingerprint density at radius 1 is 1.28 bits per heavy atom. The molecule has 0 atom stereocenters. The van der Waals surface area contributed by atoms with E-state index >= 15 is 0 Å². The van der Waals surface area contributed by atoms with Crippen LogP contribution in [0.25, 0.3) is 0 Å². The van der Waals surface area contributed by atoms with E-state index in [-0.39, 0.29) is 5.97 Å². The first-order valence-electron chi connectivity index (χ1n) is 9.28. The van der Waals surface area contributed by atoms with Crippen molar-refractivity contribution < 1.29 is 14.3 Å². The molecule has 2 fully saturated rings. The maximum Gasteiger partial charge on any atom is 0.339 e. The van der Waals surface area contributed by atoms with E-state index in [9.17, 15) is 4.79 Å². The van der Waals surface area contributed by atoms with Crippen LogP contribution in [0.15, 0.2) is 5.38 Å². The molecule has 0 amide bonds. The molecule has 0 bridgehead atoms. The van der Waals surface area contributed by atoms with Crippen molar-refractivity contribution in [1.29, 1.82) is 0 Å². The van der Waals surface area contributed by atoms with Gasteiger partial charge < -0.3 is 14.4 Å². The maximum atomic E-state index is 11.9. The molecule has 2 heterocycles. The van der Waals surface area contributed by atoms with Gasteiger partial charge in [-0.3, -0.25) is 4.90 Å². The Hall–Kier alpha value is -1.11. The zero-order chi connectivity index (χ0) is 18.0. The van der Waals surface area contributed by atoms with Crippen LogP contribution in [0.3, 0.4) is 0 Å². The fraction of sp³-hybridized carbons (Fsp3) is 0.737. The Bertz CT molecular complexity index is 589. The van der Waals surface area contributed by atoms with Crippen molar-refractivity contribution in [3.05, 3.63) is 16.5 Å². The van der Waals surface area contributed by atoms with Crippen molar-refractivity contribution in [3.8, 4) is 0 Å². The molecule has 1 saturated heterocycles. The van der Waals surface area contributed by atoms with Gasteiger partial charge in [0.1, 0.15) is 0 Å². The van der Waals surface area contributed by atoms with Gasteiger partial charge in [-0.05, 0) is 45.1 Å². The van der Waals surface area contributed by atoms with Crippen molar-refractivity contribution >= 4 is 22.3 Å². The number of thiophene rings is 1. The molecule has 6 heteroatoms. The van der Waals surface area contributed by atoms with Crippen LogP contribution in [0.5, 0.6) is 0 Å². The van der Waals surface area contributed by atoms with Gasteiger partial charge in [-0.15, -0.1) is 11.3 Å². The van der Waals surface area contributed by atoms with Gasteiger partial charge in [0, 0.05) is 44.2 Å². The second-order valence-electron chi connectivity index (χ2n) is 7.13. The van der Waals surface area contributed by atoms with Crippen LogP contribution in [-0.2, 0) is 9.47 Å². The van der Waals surface area contributed by atoms with Crippen LogP contribution in [0.1, 0.15) is 48.5 Å². The molecular weight excluding hydrogens is 336 g/mol. The van der Waals surface area contributed by atoms with E-state index in [2.05, 4.69) is 16.7 Å². The Morgan fingerprint density at radius 3 is 2.52 bits per heavy atom. The molecule has 0 aromatic carbocycles. The highest BCUT2D eigenvalue weighted by Crippen LogP contribution is 2.37. The smallest absolute Gasteiger partial charge is 0.339 e. The first-order valence-corrected chi connectivity index (χ1v) is 10.2. The summed E-state index contributed by atoms with van der Waals surface area (Å²) >= 11 is 1.67. The van der Waals surface area contributed by atoms with Crippen LogP contribution in [-0.4, -0.2) is 62.9 Å². The molecule has 3 rings (SSSR count). The number of anilines is 1. The summed E-state index contributed by atoms with van der Waals surface area (Å²) in [6, 6.07) is 1.29. The second-order valence-corrected chi connectivity index (χ2v) is 7.99. The first kappa shape index (κ1) is 18.7. The predicted molar refractivity (Wildman–Crippen MR) is 102 cm³/mol. The van der Waals surface area contributed by atoms with E-state index in [0.717, 1.165) is 31.2 Å². The zero-order valence-corrected chi connectivity index (χ0v) is 16.6. The molecule has 5 nitrogen and oxygen atoms in total. The third-order valence-corrected chi connectivity index (χ3v) is 6.97. The molecular formula is C19H30N2O3S. The topological polar surface area (TPSA) is 42.0 Å². The highest BCUT2D eigenvalue weighted by molar-refractivity contribution is 7.14. The minimum atomic E-state index is -0.231. The molecule has 0 N–H and O–H groups in total. The Labute approximate surface area is 154 Å². The highest BCUT2D eigenvalue weighted by Gasteiger charge is 2.36. The molecule has 2 aliphatic rings. The summed E-state index contributed by atoms with van der Waals surface area (Å²) in [5.74, 6) is -0.231. The van der Waals surface area contributed by atoms with Gasteiger partial charge in [0.25, 0.3) is 0 Å². The third-order valence-electron chi connectivity index (χ3n) is 5.85. The molecule has 1 aromatic heterocycles.